The van der Waals surface area contributed by atoms with Gasteiger partial charge in [-0.15, -0.1) is 0 Å². The molecular weight excluding hydrogens is 337 g/mol. The fraction of sp³-hybridized carbons (Fsp3) is 0.526. The lowest BCUT2D eigenvalue weighted by atomic mass is 9.86. The SMILES string of the molecule is CC(C)(C)C(NC(=O)c1c2ccccc2nn1CCCCCF)C(=O)O. The number of nitrogens with zero attached hydrogens (tertiary/aromatic N) is 2. The predicted molar refractivity (Wildman–Crippen MR) is 97.9 cm³/mol. The summed E-state index contributed by atoms with van der Waals surface area (Å²) in [6.45, 7) is 5.40. The summed E-state index contributed by atoms with van der Waals surface area (Å²) < 4.78 is 13.9. The summed E-state index contributed by atoms with van der Waals surface area (Å²) in [4.78, 5) is 24.5. The molecule has 0 aliphatic carbocycles. The van der Waals surface area contributed by atoms with Gasteiger partial charge in [0.25, 0.3) is 5.91 Å². The van der Waals surface area contributed by atoms with E-state index in [1.54, 1.807) is 31.5 Å². The second kappa shape index (κ2) is 8.29. The van der Waals surface area contributed by atoms with Crippen LogP contribution in [-0.4, -0.2) is 39.5 Å². The summed E-state index contributed by atoms with van der Waals surface area (Å²) in [6, 6.07) is 6.22. The standard InChI is InChI=1S/C19H26FN3O3/c1-19(2,3)16(18(25)26)21-17(24)15-13-9-5-6-10-14(13)22-23(15)12-8-4-7-11-20/h5-6,9-10,16H,4,7-8,11-12H2,1-3H3,(H,21,24)(H,25,26). The molecule has 142 valence electrons. The zero-order valence-electron chi connectivity index (χ0n) is 15.5. The second-order valence-electron chi connectivity index (χ2n) is 7.45. The Morgan fingerprint density at radius 1 is 1.23 bits per heavy atom. The van der Waals surface area contributed by atoms with Crippen LogP contribution in [0.4, 0.5) is 4.39 Å². The van der Waals surface area contributed by atoms with Crippen molar-refractivity contribution in [1.29, 1.82) is 0 Å². The maximum Gasteiger partial charge on any atom is 0.326 e. The average Bonchev–Trinajstić information content (AvgIpc) is 2.93. The normalized spacial score (nSPS) is 12.9. The van der Waals surface area contributed by atoms with Crippen molar-refractivity contribution in [2.75, 3.05) is 6.67 Å². The number of amides is 1. The number of fused-ring (bicyclic) bond motifs is 1. The van der Waals surface area contributed by atoms with E-state index in [0.29, 0.717) is 42.4 Å². The fourth-order valence-corrected chi connectivity index (χ4v) is 2.86. The van der Waals surface area contributed by atoms with Gasteiger partial charge in [0.2, 0.25) is 0 Å². The average molecular weight is 363 g/mol. The molecule has 0 saturated heterocycles. The molecule has 0 radical (unpaired) electrons. The van der Waals surface area contributed by atoms with E-state index in [0.717, 1.165) is 0 Å². The summed E-state index contributed by atoms with van der Waals surface area (Å²) in [5.41, 5.74) is 0.380. The topological polar surface area (TPSA) is 84.2 Å². The van der Waals surface area contributed by atoms with Crippen molar-refractivity contribution in [1.82, 2.24) is 15.1 Å². The van der Waals surface area contributed by atoms with Crippen LogP contribution in [-0.2, 0) is 11.3 Å². The summed E-state index contributed by atoms with van der Waals surface area (Å²) >= 11 is 0. The number of rotatable bonds is 8. The van der Waals surface area contributed by atoms with E-state index < -0.39 is 23.3 Å². The van der Waals surface area contributed by atoms with Gasteiger partial charge < -0.3 is 10.4 Å². The van der Waals surface area contributed by atoms with Gasteiger partial charge in [-0.2, -0.15) is 5.10 Å². The number of carboxylic acids is 1. The number of halogens is 1. The molecule has 2 N–H and O–H groups in total. The molecule has 1 unspecified atom stereocenters. The van der Waals surface area contributed by atoms with Crippen LogP contribution in [0.2, 0.25) is 0 Å². The first kappa shape index (κ1) is 19.9. The number of benzene rings is 1. The van der Waals surface area contributed by atoms with Crippen LogP contribution in [0.3, 0.4) is 0 Å². The van der Waals surface area contributed by atoms with Crippen LogP contribution >= 0.6 is 0 Å². The largest absolute Gasteiger partial charge is 0.480 e. The smallest absolute Gasteiger partial charge is 0.326 e. The third kappa shape index (κ3) is 4.59. The first-order chi connectivity index (χ1) is 12.3. The number of carbonyl (C=O) groups excluding carboxylic acids is 1. The number of hydrogen-bond donors (Lipinski definition) is 2. The number of carbonyl (C=O) groups is 2. The first-order valence-electron chi connectivity index (χ1n) is 8.81. The maximum atomic E-state index is 12.9. The van der Waals surface area contributed by atoms with Crippen LogP contribution in [0.5, 0.6) is 0 Å². The Morgan fingerprint density at radius 3 is 2.54 bits per heavy atom. The van der Waals surface area contributed by atoms with Crippen LogP contribution in [0.1, 0.15) is 50.5 Å². The van der Waals surface area contributed by atoms with Crippen LogP contribution < -0.4 is 5.32 Å². The highest BCUT2D eigenvalue weighted by Crippen LogP contribution is 2.23. The third-order valence-electron chi connectivity index (χ3n) is 4.25. The molecular formula is C19H26FN3O3. The fourth-order valence-electron chi connectivity index (χ4n) is 2.86. The Labute approximate surface area is 152 Å². The number of hydrogen-bond acceptors (Lipinski definition) is 3. The molecule has 0 saturated carbocycles. The molecule has 1 heterocycles. The number of carboxylic acid groups (broad SMARTS) is 1. The van der Waals surface area contributed by atoms with Gasteiger partial charge in [-0.1, -0.05) is 39.0 Å². The van der Waals surface area contributed by atoms with Gasteiger partial charge in [-0.05, 0) is 30.7 Å². The van der Waals surface area contributed by atoms with E-state index >= 15 is 0 Å². The van der Waals surface area contributed by atoms with Crippen LogP contribution in [0, 0.1) is 5.41 Å². The van der Waals surface area contributed by atoms with Gasteiger partial charge in [-0.25, -0.2) is 4.79 Å². The molecule has 0 bridgehead atoms. The number of unbranched alkanes of at least 4 members (excludes halogenated alkanes) is 2. The minimum absolute atomic E-state index is 0.344. The maximum absolute atomic E-state index is 12.9. The number of aryl methyl sites for hydroxylation is 1. The van der Waals surface area contributed by atoms with Crippen molar-refractivity contribution in [2.24, 2.45) is 5.41 Å². The van der Waals surface area contributed by atoms with Crippen LogP contribution in [0.25, 0.3) is 10.9 Å². The molecule has 1 aromatic heterocycles. The van der Waals surface area contributed by atoms with Gasteiger partial charge in [-0.3, -0.25) is 13.9 Å². The van der Waals surface area contributed by atoms with E-state index in [-0.39, 0.29) is 6.67 Å². The highest BCUT2D eigenvalue weighted by Gasteiger charge is 2.34. The van der Waals surface area contributed by atoms with Gasteiger partial charge in [0.1, 0.15) is 11.7 Å². The van der Waals surface area contributed by atoms with E-state index in [4.69, 9.17) is 0 Å². The highest BCUT2D eigenvalue weighted by atomic mass is 19.1. The highest BCUT2D eigenvalue weighted by molar-refractivity contribution is 6.06. The monoisotopic (exact) mass is 363 g/mol. The van der Waals surface area contributed by atoms with E-state index in [9.17, 15) is 19.1 Å². The van der Waals surface area contributed by atoms with Crippen molar-refractivity contribution in [2.45, 2.75) is 52.6 Å². The number of aliphatic carboxylic acids is 1. The molecule has 6 nitrogen and oxygen atoms in total. The molecule has 0 spiro atoms. The molecule has 0 aliphatic rings. The molecule has 0 aliphatic heterocycles. The van der Waals surface area contributed by atoms with Gasteiger partial charge in [0, 0.05) is 11.9 Å². The lowest BCUT2D eigenvalue weighted by Crippen LogP contribution is -2.49. The van der Waals surface area contributed by atoms with E-state index in [1.165, 1.54) is 0 Å². The molecule has 1 atom stereocenters. The van der Waals surface area contributed by atoms with Crippen LogP contribution in [0.15, 0.2) is 24.3 Å². The third-order valence-corrected chi connectivity index (χ3v) is 4.25. The van der Waals surface area contributed by atoms with Gasteiger partial charge in [0.15, 0.2) is 0 Å². The van der Waals surface area contributed by atoms with Gasteiger partial charge in [0.05, 0.1) is 12.2 Å². The number of aromatic nitrogens is 2. The Kier molecular flexibility index (Phi) is 6.34. The molecule has 0 fully saturated rings. The molecule has 2 rings (SSSR count). The van der Waals surface area contributed by atoms with Crippen molar-refractivity contribution in [3.63, 3.8) is 0 Å². The molecule has 26 heavy (non-hydrogen) atoms. The molecule has 2 aromatic rings. The Balaban J connectivity index is 2.33. The summed E-state index contributed by atoms with van der Waals surface area (Å²) in [5.74, 6) is -1.55. The summed E-state index contributed by atoms with van der Waals surface area (Å²) in [7, 11) is 0. The van der Waals surface area contributed by atoms with Crippen molar-refractivity contribution in [3.05, 3.63) is 30.0 Å². The number of nitrogens with one attached hydrogen (secondary N) is 1. The second-order valence-corrected chi connectivity index (χ2v) is 7.45. The summed E-state index contributed by atoms with van der Waals surface area (Å²) in [5, 5.41) is 17.2. The number of alkyl halides is 1. The quantitative estimate of drug-likeness (QED) is 0.704. The lowest BCUT2D eigenvalue weighted by molar-refractivity contribution is -0.142. The molecule has 1 amide bonds. The lowest BCUT2D eigenvalue weighted by Gasteiger charge is -2.27. The van der Waals surface area contributed by atoms with Gasteiger partial charge >= 0.3 is 5.97 Å². The van der Waals surface area contributed by atoms with Crippen molar-refractivity contribution < 1.29 is 19.1 Å². The van der Waals surface area contributed by atoms with Crippen molar-refractivity contribution in [3.8, 4) is 0 Å². The van der Waals surface area contributed by atoms with Crippen molar-refractivity contribution >= 4 is 22.8 Å². The predicted octanol–water partition coefficient (Wildman–Crippen LogP) is 3.41. The molecule has 1 aromatic carbocycles. The minimum atomic E-state index is -1.08. The molecule has 7 heteroatoms. The zero-order chi connectivity index (χ0) is 19.3. The van der Waals surface area contributed by atoms with E-state index in [2.05, 4.69) is 10.4 Å². The summed E-state index contributed by atoms with van der Waals surface area (Å²) in [6.07, 6.45) is 1.88. The Bertz CT molecular complexity index is 780. The Hall–Kier alpha value is -2.44. The first-order valence-corrected chi connectivity index (χ1v) is 8.81. The minimum Gasteiger partial charge on any atom is -0.480 e. The Morgan fingerprint density at radius 2 is 1.92 bits per heavy atom. The van der Waals surface area contributed by atoms with E-state index in [1.807, 2.05) is 18.2 Å². The zero-order valence-corrected chi connectivity index (χ0v) is 15.5.